The molecule has 4 rings (SSSR count). The molecule has 2 nitrogen and oxygen atoms in total. The van der Waals surface area contributed by atoms with E-state index in [1.165, 1.54) is 42.1 Å². The van der Waals surface area contributed by atoms with E-state index in [4.69, 9.17) is 0 Å². The molecule has 2 aromatic carbocycles. The quantitative estimate of drug-likeness (QED) is 0.921. The minimum Gasteiger partial charge on any atom is -0.319 e. The van der Waals surface area contributed by atoms with E-state index >= 15 is 0 Å². The van der Waals surface area contributed by atoms with E-state index in [1.807, 2.05) is 0 Å². The molecule has 1 saturated heterocycles. The summed E-state index contributed by atoms with van der Waals surface area (Å²) in [6, 6.07) is 17.2. The van der Waals surface area contributed by atoms with Gasteiger partial charge in [0.2, 0.25) is 0 Å². The summed E-state index contributed by atoms with van der Waals surface area (Å²) in [6.45, 7) is 2.40. The van der Waals surface area contributed by atoms with Crippen molar-refractivity contribution in [1.82, 2.24) is 10.2 Å². The summed E-state index contributed by atoms with van der Waals surface area (Å²) in [7, 11) is 2.08. The summed E-state index contributed by atoms with van der Waals surface area (Å²) in [6.07, 6.45) is 4.13. The van der Waals surface area contributed by atoms with E-state index in [0.29, 0.717) is 6.04 Å². The van der Waals surface area contributed by atoms with Gasteiger partial charge in [-0.15, -0.1) is 0 Å². The zero-order valence-electron chi connectivity index (χ0n) is 12.8. The molecule has 1 saturated carbocycles. The number of rotatable bonds is 4. The fourth-order valence-corrected chi connectivity index (χ4v) is 4.03. The van der Waals surface area contributed by atoms with Crippen LogP contribution in [-0.2, 0) is 0 Å². The molecule has 0 aromatic heterocycles. The summed E-state index contributed by atoms with van der Waals surface area (Å²) in [4.78, 5) is 2.77. The Hall–Kier alpha value is -1.38. The van der Waals surface area contributed by atoms with Gasteiger partial charge >= 0.3 is 0 Å². The second kappa shape index (κ2) is 5.43. The molecule has 1 heterocycles. The molecular weight excluding hydrogens is 256 g/mol. The summed E-state index contributed by atoms with van der Waals surface area (Å²) in [5.41, 5.74) is 1.51. The topological polar surface area (TPSA) is 15.3 Å². The SMILES string of the molecule is CNCC1CCN(C2CC2)C1c1ccc2ccccc2c1. The minimum absolute atomic E-state index is 0.606. The van der Waals surface area contributed by atoms with Gasteiger partial charge in [-0.25, -0.2) is 0 Å². The zero-order chi connectivity index (χ0) is 14.2. The average molecular weight is 280 g/mol. The third-order valence-corrected chi connectivity index (χ3v) is 5.16. The predicted molar refractivity (Wildman–Crippen MR) is 88.5 cm³/mol. The van der Waals surface area contributed by atoms with E-state index < -0.39 is 0 Å². The Kier molecular flexibility index (Phi) is 3.44. The summed E-state index contributed by atoms with van der Waals surface area (Å²) in [5.74, 6) is 0.747. The number of fused-ring (bicyclic) bond motifs is 1. The van der Waals surface area contributed by atoms with Gasteiger partial charge in [0.15, 0.2) is 0 Å². The molecule has 2 heteroatoms. The molecule has 2 fully saturated rings. The Labute approximate surface area is 127 Å². The van der Waals surface area contributed by atoms with Gasteiger partial charge < -0.3 is 5.32 Å². The van der Waals surface area contributed by atoms with Crippen molar-refractivity contribution >= 4 is 10.8 Å². The first-order chi connectivity index (χ1) is 10.4. The predicted octanol–water partition coefficient (Wildman–Crippen LogP) is 3.58. The van der Waals surface area contributed by atoms with Gasteiger partial charge in [0.1, 0.15) is 0 Å². The molecule has 2 atom stereocenters. The number of nitrogens with one attached hydrogen (secondary N) is 1. The van der Waals surface area contributed by atoms with Crippen molar-refractivity contribution in [2.45, 2.75) is 31.3 Å². The molecule has 0 bridgehead atoms. The Balaban J connectivity index is 1.71. The first-order valence-electron chi connectivity index (χ1n) is 8.26. The fourth-order valence-electron chi connectivity index (χ4n) is 4.03. The summed E-state index contributed by atoms with van der Waals surface area (Å²) < 4.78 is 0. The van der Waals surface area contributed by atoms with Crippen LogP contribution in [0.1, 0.15) is 30.9 Å². The highest BCUT2D eigenvalue weighted by molar-refractivity contribution is 5.83. The molecule has 1 aliphatic heterocycles. The lowest BCUT2D eigenvalue weighted by atomic mass is 9.92. The normalized spacial score (nSPS) is 26.5. The van der Waals surface area contributed by atoms with Crippen molar-refractivity contribution in [3.63, 3.8) is 0 Å². The van der Waals surface area contributed by atoms with Crippen LogP contribution in [-0.4, -0.2) is 31.1 Å². The van der Waals surface area contributed by atoms with Crippen LogP contribution >= 0.6 is 0 Å². The van der Waals surface area contributed by atoms with Gasteiger partial charge in [-0.05, 0) is 67.7 Å². The van der Waals surface area contributed by atoms with Crippen LogP contribution in [0.5, 0.6) is 0 Å². The van der Waals surface area contributed by atoms with Crippen LogP contribution in [0.25, 0.3) is 10.8 Å². The first kappa shape index (κ1) is 13.3. The second-order valence-corrected chi connectivity index (χ2v) is 6.63. The van der Waals surface area contributed by atoms with Crippen molar-refractivity contribution in [3.8, 4) is 0 Å². The standard InChI is InChI=1S/C19H24N2/c1-20-13-17-10-11-21(18-8-9-18)19(17)16-7-6-14-4-2-3-5-15(14)12-16/h2-7,12,17-20H,8-11,13H2,1H3. The van der Waals surface area contributed by atoms with Crippen LogP contribution in [0.4, 0.5) is 0 Å². The van der Waals surface area contributed by atoms with Crippen LogP contribution in [0, 0.1) is 5.92 Å². The fraction of sp³-hybridized carbons (Fsp3) is 0.474. The van der Waals surface area contributed by atoms with Crippen molar-refractivity contribution in [2.75, 3.05) is 20.1 Å². The lowest BCUT2D eigenvalue weighted by molar-refractivity contribution is 0.217. The Morgan fingerprint density at radius 1 is 1.05 bits per heavy atom. The third kappa shape index (κ3) is 2.47. The minimum atomic E-state index is 0.606. The highest BCUT2D eigenvalue weighted by atomic mass is 15.2. The molecule has 2 aromatic rings. The Morgan fingerprint density at radius 2 is 1.86 bits per heavy atom. The van der Waals surface area contributed by atoms with Crippen LogP contribution in [0.15, 0.2) is 42.5 Å². The maximum atomic E-state index is 3.40. The van der Waals surface area contributed by atoms with Crippen LogP contribution < -0.4 is 5.32 Å². The van der Waals surface area contributed by atoms with Gasteiger partial charge in [-0.3, -0.25) is 4.90 Å². The number of hydrogen-bond acceptors (Lipinski definition) is 2. The van der Waals surface area contributed by atoms with Crippen molar-refractivity contribution < 1.29 is 0 Å². The molecule has 0 radical (unpaired) electrons. The Bertz CT molecular complexity index is 632. The number of nitrogens with zero attached hydrogens (tertiary/aromatic N) is 1. The van der Waals surface area contributed by atoms with E-state index in [1.54, 1.807) is 0 Å². The molecule has 21 heavy (non-hydrogen) atoms. The highest BCUT2D eigenvalue weighted by Crippen LogP contribution is 2.44. The van der Waals surface area contributed by atoms with Crippen molar-refractivity contribution in [2.24, 2.45) is 5.92 Å². The summed E-state index contributed by atoms with van der Waals surface area (Å²) in [5, 5.41) is 6.12. The molecule has 1 N–H and O–H groups in total. The van der Waals surface area contributed by atoms with E-state index in [-0.39, 0.29) is 0 Å². The third-order valence-electron chi connectivity index (χ3n) is 5.16. The average Bonchev–Trinajstić information content (AvgIpc) is 3.28. The lowest BCUT2D eigenvalue weighted by Gasteiger charge is -2.29. The molecule has 110 valence electrons. The monoisotopic (exact) mass is 280 g/mol. The van der Waals surface area contributed by atoms with Gasteiger partial charge in [0.25, 0.3) is 0 Å². The number of hydrogen-bond donors (Lipinski definition) is 1. The molecular formula is C19H24N2. The van der Waals surface area contributed by atoms with E-state index in [2.05, 4.69) is 59.7 Å². The van der Waals surface area contributed by atoms with Crippen molar-refractivity contribution in [1.29, 1.82) is 0 Å². The molecule has 0 amide bonds. The lowest BCUT2D eigenvalue weighted by Crippen LogP contribution is -2.30. The number of likely N-dealkylation sites (tertiary alicyclic amines) is 1. The van der Waals surface area contributed by atoms with Crippen LogP contribution in [0.2, 0.25) is 0 Å². The van der Waals surface area contributed by atoms with E-state index in [9.17, 15) is 0 Å². The molecule has 2 aliphatic rings. The summed E-state index contributed by atoms with van der Waals surface area (Å²) >= 11 is 0. The first-order valence-corrected chi connectivity index (χ1v) is 8.26. The molecule has 0 spiro atoms. The van der Waals surface area contributed by atoms with Gasteiger partial charge in [0, 0.05) is 12.1 Å². The van der Waals surface area contributed by atoms with Crippen LogP contribution in [0.3, 0.4) is 0 Å². The van der Waals surface area contributed by atoms with Gasteiger partial charge in [-0.1, -0.05) is 36.4 Å². The Morgan fingerprint density at radius 3 is 2.62 bits per heavy atom. The molecule has 2 unspecified atom stereocenters. The van der Waals surface area contributed by atoms with Crippen molar-refractivity contribution in [3.05, 3.63) is 48.0 Å². The maximum absolute atomic E-state index is 3.40. The molecule has 1 aliphatic carbocycles. The highest BCUT2D eigenvalue weighted by Gasteiger charge is 2.42. The smallest absolute Gasteiger partial charge is 0.0392 e. The zero-order valence-corrected chi connectivity index (χ0v) is 12.8. The largest absolute Gasteiger partial charge is 0.319 e. The van der Waals surface area contributed by atoms with Gasteiger partial charge in [-0.2, -0.15) is 0 Å². The maximum Gasteiger partial charge on any atom is 0.0392 e. The second-order valence-electron chi connectivity index (χ2n) is 6.63. The van der Waals surface area contributed by atoms with Gasteiger partial charge in [0.05, 0.1) is 0 Å². The number of benzene rings is 2. The van der Waals surface area contributed by atoms with E-state index in [0.717, 1.165) is 18.5 Å².